The van der Waals surface area contributed by atoms with Gasteiger partial charge in [-0.05, 0) is 37.6 Å². The Hall–Kier alpha value is -1.78. The molecule has 3 N–H and O–H groups in total. The number of fused-ring (bicyclic) bond motifs is 1. The SMILES string of the molecule is Cc1[nH]c2c(c1C)C(N)N(c1cccc(Cl)c1)C=N2. The molecule has 1 aliphatic rings. The molecule has 98 valence electrons. The zero-order valence-corrected chi connectivity index (χ0v) is 11.6. The molecule has 1 unspecified atom stereocenters. The minimum atomic E-state index is -0.254. The van der Waals surface area contributed by atoms with Crippen molar-refractivity contribution in [3.05, 3.63) is 46.1 Å². The fraction of sp³-hybridized carbons (Fsp3) is 0.214. The van der Waals surface area contributed by atoms with Crippen LogP contribution in [0.15, 0.2) is 29.3 Å². The summed E-state index contributed by atoms with van der Waals surface area (Å²) >= 11 is 6.03. The molecule has 2 aromatic rings. The van der Waals surface area contributed by atoms with Crippen LogP contribution in [0.5, 0.6) is 0 Å². The quantitative estimate of drug-likeness (QED) is 0.837. The van der Waals surface area contributed by atoms with Crippen LogP contribution < -0.4 is 10.6 Å². The number of H-pyrrole nitrogens is 1. The van der Waals surface area contributed by atoms with Gasteiger partial charge in [0.1, 0.15) is 12.0 Å². The average molecular weight is 275 g/mol. The predicted molar refractivity (Wildman–Crippen MR) is 79.3 cm³/mol. The Morgan fingerprint density at radius 2 is 2.16 bits per heavy atom. The summed E-state index contributed by atoms with van der Waals surface area (Å²) in [5.74, 6) is 0.848. The molecule has 5 heteroatoms. The number of aromatic nitrogens is 1. The van der Waals surface area contributed by atoms with Crippen LogP contribution in [-0.2, 0) is 0 Å². The van der Waals surface area contributed by atoms with Gasteiger partial charge in [-0.3, -0.25) is 0 Å². The van der Waals surface area contributed by atoms with E-state index in [4.69, 9.17) is 17.3 Å². The summed E-state index contributed by atoms with van der Waals surface area (Å²) < 4.78 is 0. The van der Waals surface area contributed by atoms with E-state index in [0.29, 0.717) is 5.02 Å². The highest BCUT2D eigenvalue weighted by Gasteiger charge is 2.26. The van der Waals surface area contributed by atoms with Gasteiger partial charge < -0.3 is 15.6 Å². The first-order valence-corrected chi connectivity index (χ1v) is 6.48. The van der Waals surface area contributed by atoms with Crippen LogP contribution in [0.1, 0.15) is 23.0 Å². The second-order valence-corrected chi connectivity index (χ2v) is 5.15. The van der Waals surface area contributed by atoms with Gasteiger partial charge in [-0.2, -0.15) is 0 Å². The molecule has 1 atom stereocenters. The summed E-state index contributed by atoms with van der Waals surface area (Å²) in [6.07, 6.45) is 1.49. The fourth-order valence-electron chi connectivity index (χ4n) is 2.38. The average Bonchev–Trinajstić information content (AvgIpc) is 2.66. The second-order valence-electron chi connectivity index (χ2n) is 4.71. The van der Waals surface area contributed by atoms with Crippen LogP contribution in [0.4, 0.5) is 11.5 Å². The van der Waals surface area contributed by atoms with E-state index in [0.717, 1.165) is 28.3 Å². The summed E-state index contributed by atoms with van der Waals surface area (Å²) in [6.45, 7) is 4.08. The normalized spacial score (nSPS) is 17.7. The van der Waals surface area contributed by atoms with Crippen LogP contribution in [0.25, 0.3) is 0 Å². The van der Waals surface area contributed by atoms with Crippen molar-refractivity contribution in [3.8, 4) is 0 Å². The van der Waals surface area contributed by atoms with Crippen molar-refractivity contribution in [2.45, 2.75) is 20.0 Å². The molecule has 1 aliphatic heterocycles. The summed E-state index contributed by atoms with van der Waals surface area (Å²) in [4.78, 5) is 9.61. The molecular weight excluding hydrogens is 260 g/mol. The van der Waals surface area contributed by atoms with Crippen LogP contribution in [-0.4, -0.2) is 11.3 Å². The van der Waals surface area contributed by atoms with Gasteiger partial charge in [0.2, 0.25) is 0 Å². The van der Waals surface area contributed by atoms with E-state index in [1.165, 1.54) is 0 Å². The van der Waals surface area contributed by atoms with Gasteiger partial charge in [-0.15, -0.1) is 0 Å². The lowest BCUT2D eigenvalue weighted by molar-refractivity contribution is 0.746. The molecule has 4 nitrogen and oxygen atoms in total. The van der Waals surface area contributed by atoms with E-state index < -0.39 is 0 Å². The number of aliphatic imine (C=N–C) groups is 1. The maximum absolute atomic E-state index is 6.36. The van der Waals surface area contributed by atoms with E-state index in [2.05, 4.69) is 16.9 Å². The van der Waals surface area contributed by atoms with Gasteiger partial charge in [0.25, 0.3) is 0 Å². The van der Waals surface area contributed by atoms with E-state index in [1.807, 2.05) is 36.1 Å². The Morgan fingerprint density at radius 1 is 1.37 bits per heavy atom. The van der Waals surface area contributed by atoms with Crippen molar-refractivity contribution in [3.63, 3.8) is 0 Å². The number of anilines is 1. The van der Waals surface area contributed by atoms with Gasteiger partial charge in [0.05, 0.1) is 6.34 Å². The number of hydrogen-bond acceptors (Lipinski definition) is 3. The lowest BCUT2D eigenvalue weighted by Crippen LogP contribution is -2.35. The van der Waals surface area contributed by atoms with Gasteiger partial charge >= 0.3 is 0 Å². The third-order valence-electron chi connectivity index (χ3n) is 3.54. The highest BCUT2D eigenvalue weighted by atomic mass is 35.5. The molecule has 1 aromatic heterocycles. The molecule has 0 fully saturated rings. The van der Waals surface area contributed by atoms with Crippen molar-refractivity contribution < 1.29 is 0 Å². The first-order chi connectivity index (χ1) is 9.08. The minimum Gasteiger partial charge on any atom is -0.343 e. The molecule has 1 aromatic carbocycles. The number of hydrogen-bond donors (Lipinski definition) is 2. The number of nitrogens with one attached hydrogen (secondary N) is 1. The highest BCUT2D eigenvalue weighted by molar-refractivity contribution is 6.30. The van der Waals surface area contributed by atoms with E-state index in [1.54, 1.807) is 6.34 Å². The molecule has 0 spiro atoms. The van der Waals surface area contributed by atoms with Gasteiger partial charge in [-0.1, -0.05) is 17.7 Å². The zero-order valence-electron chi connectivity index (χ0n) is 10.8. The van der Waals surface area contributed by atoms with Crippen molar-refractivity contribution >= 4 is 29.4 Å². The van der Waals surface area contributed by atoms with Gasteiger partial charge in [0, 0.05) is 22.0 Å². The topological polar surface area (TPSA) is 57.4 Å². The van der Waals surface area contributed by atoms with Crippen LogP contribution in [0, 0.1) is 13.8 Å². The van der Waals surface area contributed by atoms with Crippen LogP contribution in [0.2, 0.25) is 5.02 Å². The monoisotopic (exact) mass is 274 g/mol. The number of benzene rings is 1. The number of aryl methyl sites for hydroxylation is 1. The molecule has 0 bridgehead atoms. The summed E-state index contributed by atoms with van der Waals surface area (Å²) in [6, 6.07) is 7.60. The van der Waals surface area contributed by atoms with E-state index in [-0.39, 0.29) is 6.17 Å². The molecule has 0 amide bonds. The summed E-state index contributed by atoms with van der Waals surface area (Å²) in [5, 5.41) is 0.686. The summed E-state index contributed by atoms with van der Waals surface area (Å²) in [7, 11) is 0. The number of halogens is 1. The van der Waals surface area contributed by atoms with E-state index in [9.17, 15) is 0 Å². The highest BCUT2D eigenvalue weighted by Crippen LogP contribution is 2.36. The molecule has 0 saturated carbocycles. The third-order valence-corrected chi connectivity index (χ3v) is 3.78. The fourth-order valence-corrected chi connectivity index (χ4v) is 2.56. The largest absolute Gasteiger partial charge is 0.343 e. The van der Waals surface area contributed by atoms with Gasteiger partial charge in [0.15, 0.2) is 0 Å². The molecule has 19 heavy (non-hydrogen) atoms. The Kier molecular flexibility index (Phi) is 2.84. The number of rotatable bonds is 1. The Labute approximate surface area is 116 Å². The Balaban J connectivity index is 2.06. The molecule has 2 heterocycles. The van der Waals surface area contributed by atoms with Crippen molar-refractivity contribution in [1.29, 1.82) is 0 Å². The molecule has 3 rings (SSSR count). The lowest BCUT2D eigenvalue weighted by Gasteiger charge is -2.30. The number of nitrogens with zero attached hydrogens (tertiary/aromatic N) is 2. The van der Waals surface area contributed by atoms with Crippen molar-refractivity contribution in [2.24, 2.45) is 10.7 Å². The maximum Gasteiger partial charge on any atom is 0.138 e. The molecular formula is C14H15ClN4. The Morgan fingerprint density at radius 3 is 2.89 bits per heavy atom. The zero-order chi connectivity index (χ0) is 13.6. The molecule has 0 saturated heterocycles. The van der Waals surface area contributed by atoms with Crippen LogP contribution in [0.3, 0.4) is 0 Å². The predicted octanol–water partition coefficient (Wildman–Crippen LogP) is 3.42. The third kappa shape index (κ3) is 1.93. The Bertz CT molecular complexity index is 659. The number of aromatic amines is 1. The molecule has 0 radical (unpaired) electrons. The van der Waals surface area contributed by atoms with Gasteiger partial charge in [-0.25, -0.2) is 4.99 Å². The first-order valence-electron chi connectivity index (χ1n) is 6.10. The van der Waals surface area contributed by atoms with Crippen LogP contribution >= 0.6 is 11.6 Å². The number of nitrogens with two attached hydrogens (primary N) is 1. The second kappa shape index (κ2) is 4.40. The van der Waals surface area contributed by atoms with Crippen molar-refractivity contribution in [2.75, 3.05) is 4.90 Å². The first kappa shape index (κ1) is 12.3. The molecule has 0 aliphatic carbocycles. The van der Waals surface area contributed by atoms with E-state index >= 15 is 0 Å². The standard InChI is InChI=1S/C14H15ClN4/c1-8-9(2)18-14-12(8)13(16)19(7-17-14)11-5-3-4-10(15)6-11/h3-7,13,18H,16H2,1-2H3. The van der Waals surface area contributed by atoms with Crippen molar-refractivity contribution in [1.82, 2.24) is 4.98 Å². The minimum absolute atomic E-state index is 0.254. The summed E-state index contributed by atoms with van der Waals surface area (Å²) in [5.41, 5.74) is 10.6. The maximum atomic E-state index is 6.36. The lowest BCUT2D eigenvalue weighted by atomic mass is 10.1. The smallest absolute Gasteiger partial charge is 0.138 e.